The standard InChI is InChI=1S/C27H30O9S/c28-24-23(19-32-16-20-10-4-1-5-11-20)35-27(34-18-22-14-8-3-9-15-22)26(25(24)36-37(29,30)31)33-17-21-12-6-2-7-13-21/h1-15,23-28H,16-19H2,(H,29,30,31)/t23-,24+,25+,26-,27-/m1/s1. The van der Waals surface area contributed by atoms with E-state index in [1.54, 1.807) is 0 Å². The van der Waals surface area contributed by atoms with E-state index < -0.39 is 41.1 Å². The Hall–Kier alpha value is -2.67. The van der Waals surface area contributed by atoms with Crippen LogP contribution in [0.5, 0.6) is 0 Å². The summed E-state index contributed by atoms with van der Waals surface area (Å²) in [5, 5.41) is 11.0. The molecule has 1 aliphatic rings. The number of benzene rings is 3. The molecule has 2 N–H and O–H groups in total. The lowest BCUT2D eigenvalue weighted by molar-refractivity contribution is -0.312. The molecule has 0 saturated carbocycles. The fourth-order valence-corrected chi connectivity index (χ4v) is 4.48. The van der Waals surface area contributed by atoms with Gasteiger partial charge in [-0.2, -0.15) is 8.42 Å². The maximum absolute atomic E-state index is 11.7. The molecule has 9 nitrogen and oxygen atoms in total. The van der Waals surface area contributed by atoms with Gasteiger partial charge in [-0.3, -0.25) is 4.55 Å². The van der Waals surface area contributed by atoms with E-state index in [2.05, 4.69) is 0 Å². The van der Waals surface area contributed by atoms with Crippen molar-refractivity contribution in [2.45, 2.75) is 50.5 Å². The molecule has 0 aromatic heterocycles. The third-order valence-corrected chi connectivity index (χ3v) is 6.25. The van der Waals surface area contributed by atoms with Crippen molar-refractivity contribution in [2.24, 2.45) is 0 Å². The Bertz CT molecular complexity index is 1180. The van der Waals surface area contributed by atoms with Gasteiger partial charge in [0.1, 0.15) is 24.4 Å². The summed E-state index contributed by atoms with van der Waals surface area (Å²) < 4.78 is 61.5. The van der Waals surface area contributed by atoms with Crippen LogP contribution in [0.1, 0.15) is 16.7 Å². The van der Waals surface area contributed by atoms with Crippen LogP contribution in [0, 0.1) is 0 Å². The number of hydrogen-bond donors (Lipinski definition) is 2. The molecule has 3 aromatic rings. The molecule has 1 saturated heterocycles. The first-order valence-corrected chi connectivity index (χ1v) is 13.2. The van der Waals surface area contributed by atoms with Crippen LogP contribution in [0.4, 0.5) is 0 Å². The Labute approximate surface area is 216 Å². The summed E-state index contributed by atoms with van der Waals surface area (Å²) in [4.78, 5) is 0. The maximum Gasteiger partial charge on any atom is 0.397 e. The largest absolute Gasteiger partial charge is 0.397 e. The number of rotatable bonds is 12. The predicted octanol–water partition coefficient (Wildman–Crippen LogP) is 3.28. The minimum Gasteiger partial charge on any atom is -0.387 e. The summed E-state index contributed by atoms with van der Waals surface area (Å²) in [6.07, 6.45) is -6.36. The summed E-state index contributed by atoms with van der Waals surface area (Å²) in [5.74, 6) is 0. The topological polar surface area (TPSA) is 121 Å². The smallest absolute Gasteiger partial charge is 0.387 e. The van der Waals surface area contributed by atoms with E-state index in [0.717, 1.165) is 16.7 Å². The van der Waals surface area contributed by atoms with E-state index >= 15 is 0 Å². The highest BCUT2D eigenvalue weighted by Crippen LogP contribution is 2.29. The van der Waals surface area contributed by atoms with Crippen molar-refractivity contribution in [3.8, 4) is 0 Å². The lowest BCUT2D eigenvalue weighted by atomic mass is 9.99. The molecule has 0 spiro atoms. The van der Waals surface area contributed by atoms with Gasteiger partial charge in [0.15, 0.2) is 6.29 Å². The van der Waals surface area contributed by atoms with Crippen LogP contribution in [0.2, 0.25) is 0 Å². The number of ether oxygens (including phenoxy) is 4. The molecule has 5 atom stereocenters. The molecule has 1 fully saturated rings. The summed E-state index contributed by atoms with van der Waals surface area (Å²) in [6, 6.07) is 27.9. The van der Waals surface area contributed by atoms with Crippen molar-refractivity contribution in [1.29, 1.82) is 0 Å². The Morgan fingerprint density at radius 1 is 0.703 bits per heavy atom. The molecule has 4 rings (SSSR count). The van der Waals surface area contributed by atoms with Gasteiger partial charge in [0.25, 0.3) is 0 Å². The molecular formula is C27H30O9S. The maximum atomic E-state index is 11.7. The van der Waals surface area contributed by atoms with Crippen LogP contribution in [0.25, 0.3) is 0 Å². The van der Waals surface area contributed by atoms with Crippen LogP contribution in [0.15, 0.2) is 91.0 Å². The van der Waals surface area contributed by atoms with Crippen molar-refractivity contribution in [3.05, 3.63) is 108 Å². The first kappa shape index (κ1) is 27.4. The fourth-order valence-electron chi connectivity index (χ4n) is 3.97. The number of hydrogen-bond acceptors (Lipinski definition) is 8. The number of aliphatic hydroxyl groups excluding tert-OH is 1. The van der Waals surface area contributed by atoms with E-state index in [1.807, 2.05) is 91.0 Å². The van der Waals surface area contributed by atoms with Gasteiger partial charge in [-0.1, -0.05) is 91.0 Å². The van der Waals surface area contributed by atoms with E-state index in [-0.39, 0.29) is 26.4 Å². The van der Waals surface area contributed by atoms with Gasteiger partial charge in [-0.25, -0.2) is 4.18 Å². The lowest BCUT2D eigenvalue weighted by Crippen LogP contribution is -2.61. The minimum atomic E-state index is -4.94. The molecule has 10 heteroatoms. The van der Waals surface area contributed by atoms with E-state index in [1.165, 1.54) is 0 Å². The molecule has 0 amide bonds. The van der Waals surface area contributed by atoms with Gasteiger partial charge in [0, 0.05) is 0 Å². The molecule has 37 heavy (non-hydrogen) atoms. The van der Waals surface area contributed by atoms with Gasteiger partial charge < -0.3 is 24.1 Å². The Kier molecular flexibility index (Phi) is 9.78. The molecule has 0 unspecified atom stereocenters. The Morgan fingerprint density at radius 2 is 1.19 bits per heavy atom. The Morgan fingerprint density at radius 3 is 1.70 bits per heavy atom. The zero-order valence-corrected chi connectivity index (χ0v) is 20.9. The fraction of sp³-hybridized carbons (Fsp3) is 0.333. The third kappa shape index (κ3) is 8.42. The molecule has 198 valence electrons. The lowest BCUT2D eigenvalue weighted by Gasteiger charge is -2.43. The summed E-state index contributed by atoms with van der Waals surface area (Å²) >= 11 is 0. The second-order valence-electron chi connectivity index (χ2n) is 8.58. The van der Waals surface area contributed by atoms with Gasteiger partial charge in [0.05, 0.1) is 26.4 Å². The van der Waals surface area contributed by atoms with Gasteiger partial charge >= 0.3 is 10.4 Å². The predicted molar refractivity (Wildman–Crippen MR) is 133 cm³/mol. The summed E-state index contributed by atoms with van der Waals surface area (Å²) in [5.41, 5.74) is 2.57. The van der Waals surface area contributed by atoms with Crippen molar-refractivity contribution in [1.82, 2.24) is 0 Å². The number of aliphatic hydroxyl groups is 1. The van der Waals surface area contributed by atoms with Crippen molar-refractivity contribution in [3.63, 3.8) is 0 Å². The minimum absolute atomic E-state index is 0.0628. The Balaban J connectivity index is 1.52. The highest BCUT2D eigenvalue weighted by molar-refractivity contribution is 7.80. The summed E-state index contributed by atoms with van der Waals surface area (Å²) in [7, 11) is -4.94. The molecular weight excluding hydrogens is 500 g/mol. The molecule has 0 radical (unpaired) electrons. The average molecular weight is 531 g/mol. The SMILES string of the molecule is O=S(=O)(O)O[C@H]1[C@@H](O)[C@@H](COCc2ccccc2)O[C@@H](OCc2ccccc2)[C@@H]1OCc1ccccc1. The van der Waals surface area contributed by atoms with E-state index in [0.29, 0.717) is 0 Å². The molecule has 1 aliphatic heterocycles. The zero-order chi connectivity index (χ0) is 26.1. The van der Waals surface area contributed by atoms with Crippen molar-refractivity contribution in [2.75, 3.05) is 6.61 Å². The second kappa shape index (κ2) is 13.2. The molecule has 3 aromatic carbocycles. The van der Waals surface area contributed by atoms with E-state index in [9.17, 15) is 18.1 Å². The van der Waals surface area contributed by atoms with Crippen LogP contribution < -0.4 is 0 Å². The quantitative estimate of drug-likeness (QED) is 0.340. The zero-order valence-electron chi connectivity index (χ0n) is 20.0. The van der Waals surface area contributed by atoms with Crippen molar-refractivity contribution >= 4 is 10.4 Å². The van der Waals surface area contributed by atoms with Gasteiger partial charge in [-0.05, 0) is 16.7 Å². The monoisotopic (exact) mass is 530 g/mol. The first-order valence-electron chi connectivity index (χ1n) is 11.8. The van der Waals surface area contributed by atoms with Crippen molar-refractivity contribution < 1.29 is 41.2 Å². The summed E-state index contributed by atoms with van der Waals surface area (Å²) in [6.45, 7) is 0.356. The van der Waals surface area contributed by atoms with Crippen LogP contribution >= 0.6 is 0 Å². The van der Waals surface area contributed by atoms with Crippen LogP contribution in [-0.2, 0) is 53.4 Å². The third-order valence-electron chi connectivity index (χ3n) is 5.79. The second-order valence-corrected chi connectivity index (χ2v) is 9.63. The first-order chi connectivity index (χ1) is 17.9. The normalized spacial score (nSPS) is 24.1. The van der Waals surface area contributed by atoms with Crippen LogP contribution in [0.3, 0.4) is 0 Å². The molecule has 0 bridgehead atoms. The van der Waals surface area contributed by atoms with E-state index in [4.69, 9.17) is 23.1 Å². The van der Waals surface area contributed by atoms with Gasteiger partial charge in [-0.15, -0.1) is 0 Å². The molecule has 0 aliphatic carbocycles. The highest BCUT2D eigenvalue weighted by atomic mass is 32.3. The average Bonchev–Trinajstić information content (AvgIpc) is 2.90. The highest BCUT2D eigenvalue weighted by Gasteiger charge is 2.49. The van der Waals surface area contributed by atoms with Crippen LogP contribution in [-0.4, -0.2) is 55.4 Å². The van der Waals surface area contributed by atoms with Gasteiger partial charge in [0.2, 0.25) is 0 Å². The molecule has 1 heterocycles.